The molecular formula is C22H18ClFN2O3. The van der Waals surface area contributed by atoms with Crippen molar-refractivity contribution in [2.24, 2.45) is 10.2 Å². The van der Waals surface area contributed by atoms with E-state index in [1.807, 2.05) is 6.92 Å². The van der Waals surface area contributed by atoms with Crippen molar-refractivity contribution in [2.45, 2.75) is 13.3 Å². The summed E-state index contributed by atoms with van der Waals surface area (Å²) in [6.45, 7) is 2.64. The Morgan fingerprint density at radius 3 is 2.31 bits per heavy atom. The lowest BCUT2D eigenvalue weighted by atomic mass is 10.2. The second-order valence-electron chi connectivity index (χ2n) is 6.05. The first kappa shape index (κ1) is 20.5. The molecule has 0 spiro atoms. The quantitative estimate of drug-likeness (QED) is 0.241. The highest BCUT2D eigenvalue weighted by atomic mass is 35.5. The van der Waals surface area contributed by atoms with Gasteiger partial charge < -0.3 is 9.47 Å². The molecule has 0 amide bonds. The standard InChI is InChI=1S/C22H18ClFN2O3/c1-2-13-28-18-9-3-15(4-10-18)22(27)29-19-11-12-21(20(23)14-19)26-25-17-7-5-16(24)6-8-17/h3-12,14H,2,13H2,1H3. The molecule has 0 heterocycles. The molecule has 7 heteroatoms. The third-order valence-corrected chi connectivity index (χ3v) is 4.10. The minimum absolute atomic E-state index is 0.268. The molecule has 0 aliphatic heterocycles. The van der Waals surface area contributed by atoms with Gasteiger partial charge in [-0.2, -0.15) is 5.11 Å². The summed E-state index contributed by atoms with van der Waals surface area (Å²) in [5, 5.41) is 8.30. The van der Waals surface area contributed by atoms with Crippen LogP contribution < -0.4 is 9.47 Å². The minimum atomic E-state index is -0.510. The first-order valence-corrected chi connectivity index (χ1v) is 9.35. The molecule has 0 N–H and O–H groups in total. The third kappa shape index (κ3) is 5.86. The van der Waals surface area contributed by atoms with E-state index in [0.29, 0.717) is 29.3 Å². The zero-order valence-corrected chi connectivity index (χ0v) is 16.4. The average Bonchev–Trinajstić information content (AvgIpc) is 2.73. The number of nitrogens with zero attached hydrogens (tertiary/aromatic N) is 2. The Hall–Kier alpha value is -3.25. The number of hydrogen-bond donors (Lipinski definition) is 0. The number of halogens is 2. The van der Waals surface area contributed by atoms with E-state index in [1.165, 1.54) is 30.3 Å². The summed E-state index contributed by atoms with van der Waals surface area (Å²) in [7, 11) is 0. The number of rotatable bonds is 7. The van der Waals surface area contributed by atoms with Gasteiger partial charge in [-0.3, -0.25) is 0 Å². The number of esters is 1. The molecule has 5 nitrogen and oxygen atoms in total. The molecular weight excluding hydrogens is 395 g/mol. The zero-order chi connectivity index (χ0) is 20.6. The van der Waals surface area contributed by atoms with Crippen LogP contribution in [0.2, 0.25) is 5.02 Å². The minimum Gasteiger partial charge on any atom is -0.494 e. The number of azo groups is 1. The van der Waals surface area contributed by atoms with Crippen LogP contribution in [-0.4, -0.2) is 12.6 Å². The van der Waals surface area contributed by atoms with Gasteiger partial charge in [0.15, 0.2) is 0 Å². The van der Waals surface area contributed by atoms with E-state index in [-0.39, 0.29) is 16.6 Å². The van der Waals surface area contributed by atoms with Crippen molar-refractivity contribution in [1.82, 2.24) is 0 Å². The van der Waals surface area contributed by atoms with Gasteiger partial charge >= 0.3 is 5.97 Å². The molecule has 29 heavy (non-hydrogen) atoms. The number of hydrogen-bond acceptors (Lipinski definition) is 5. The van der Waals surface area contributed by atoms with Gasteiger partial charge in [-0.1, -0.05) is 18.5 Å². The molecule has 0 atom stereocenters. The Morgan fingerprint density at radius 2 is 1.66 bits per heavy atom. The van der Waals surface area contributed by atoms with Crippen LogP contribution in [0.1, 0.15) is 23.7 Å². The van der Waals surface area contributed by atoms with Crippen LogP contribution in [0.3, 0.4) is 0 Å². The van der Waals surface area contributed by atoms with E-state index < -0.39 is 5.97 Å². The summed E-state index contributed by atoms with van der Waals surface area (Å²) >= 11 is 6.20. The van der Waals surface area contributed by atoms with Crippen LogP contribution in [0.4, 0.5) is 15.8 Å². The molecule has 148 valence electrons. The van der Waals surface area contributed by atoms with Gasteiger partial charge in [-0.05, 0) is 67.1 Å². The number of ether oxygens (including phenoxy) is 2. The Balaban J connectivity index is 1.65. The van der Waals surface area contributed by atoms with Crippen molar-refractivity contribution in [3.63, 3.8) is 0 Å². The van der Waals surface area contributed by atoms with Crippen molar-refractivity contribution < 1.29 is 18.7 Å². The molecule has 0 fully saturated rings. The Morgan fingerprint density at radius 1 is 0.966 bits per heavy atom. The largest absolute Gasteiger partial charge is 0.494 e. The molecule has 0 bridgehead atoms. The first-order chi connectivity index (χ1) is 14.0. The van der Waals surface area contributed by atoms with E-state index in [2.05, 4.69) is 10.2 Å². The van der Waals surface area contributed by atoms with E-state index >= 15 is 0 Å². The van der Waals surface area contributed by atoms with Gasteiger partial charge in [0.25, 0.3) is 0 Å². The van der Waals surface area contributed by atoms with E-state index in [4.69, 9.17) is 21.1 Å². The highest BCUT2D eigenvalue weighted by Gasteiger charge is 2.10. The van der Waals surface area contributed by atoms with Crippen LogP contribution in [0.15, 0.2) is 77.0 Å². The highest BCUT2D eigenvalue weighted by Crippen LogP contribution is 2.31. The molecule has 0 unspecified atom stereocenters. The molecule has 0 radical (unpaired) electrons. The van der Waals surface area contributed by atoms with Crippen molar-refractivity contribution in [1.29, 1.82) is 0 Å². The van der Waals surface area contributed by atoms with Crippen LogP contribution in [0.25, 0.3) is 0 Å². The summed E-state index contributed by atoms with van der Waals surface area (Å²) in [5.41, 5.74) is 1.28. The lowest BCUT2D eigenvalue weighted by molar-refractivity contribution is 0.0735. The van der Waals surface area contributed by atoms with Crippen molar-refractivity contribution >= 4 is 28.9 Å². The van der Waals surface area contributed by atoms with E-state index in [0.717, 1.165) is 6.42 Å². The topological polar surface area (TPSA) is 60.2 Å². The third-order valence-electron chi connectivity index (χ3n) is 3.79. The Labute approximate surface area is 172 Å². The van der Waals surface area contributed by atoms with Gasteiger partial charge in [0.2, 0.25) is 0 Å². The number of carbonyl (C=O) groups is 1. The average molecular weight is 413 g/mol. The lowest BCUT2D eigenvalue weighted by Gasteiger charge is -2.07. The van der Waals surface area contributed by atoms with Crippen molar-refractivity contribution in [3.8, 4) is 11.5 Å². The molecule has 0 saturated carbocycles. The lowest BCUT2D eigenvalue weighted by Crippen LogP contribution is -2.08. The predicted octanol–water partition coefficient (Wildman–Crippen LogP) is 6.90. The second kappa shape index (κ2) is 9.80. The molecule has 0 aromatic heterocycles. The van der Waals surface area contributed by atoms with Crippen molar-refractivity contribution in [3.05, 3.63) is 83.1 Å². The molecule has 0 aliphatic carbocycles. The summed E-state index contributed by atoms with van der Waals surface area (Å²) in [4.78, 5) is 12.3. The zero-order valence-electron chi connectivity index (χ0n) is 15.6. The SMILES string of the molecule is CCCOc1ccc(C(=O)Oc2ccc(N=Nc3ccc(F)cc3)c(Cl)c2)cc1. The molecule has 0 aliphatic rings. The van der Waals surface area contributed by atoms with Gasteiger partial charge in [0.05, 0.1) is 22.9 Å². The van der Waals surface area contributed by atoms with E-state index in [1.54, 1.807) is 36.4 Å². The fraction of sp³-hybridized carbons (Fsp3) is 0.136. The number of benzene rings is 3. The normalized spacial score (nSPS) is 10.9. The fourth-order valence-corrected chi connectivity index (χ4v) is 2.53. The maximum absolute atomic E-state index is 12.9. The molecule has 3 aromatic carbocycles. The van der Waals surface area contributed by atoms with Gasteiger partial charge in [-0.15, -0.1) is 5.11 Å². The maximum Gasteiger partial charge on any atom is 0.343 e. The van der Waals surface area contributed by atoms with Crippen LogP contribution in [-0.2, 0) is 0 Å². The first-order valence-electron chi connectivity index (χ1n) is 8.97. The summed E-state index contributed by atoms with van der Waals surface area (Å²) in [6, 6.07) is 16.9. The van der Waals surface area contributed by atoms with Gasteiger partial charge in [0, 0.05) is 6.07 Å². The summed E-state index contributed by atoms with van der Waals surface area (Å²) in [5.74, 6) is 0.120. The van der Waals surface area contributed by atoms with Crippen LogP contribution in [0, 0.1) is 5.82 Å². The van der Waals surface area contributed by atoms with Crippen LogP contribution in [0.5, 0.6) is 11.5 Å². The molecule has 3 aromatic rings. The highest BCUT2D eigenvalue weighted by molar-refractivity contribution is 6.33. The van der Waals surface area contributed by atoms with Gasteiger partial charge in [0.1, 0.15) is 23.0 Å². The summed E-state index contributed by atoms with van der Waals surface area (Å²) in [6.07, 6.45) is 0.907. The smallest absolute Gasteiger partial charge is 0.343 e. The van der Waals surface area contributed by atoms with E-state index in [9.17, 15) is 9.18 Å². The Bertz CT molecular complexity index is 1010. The fourth-order valence-electron chi connectivity index (χ4n) is 2.32. The summed E-state index contributed by atoms with van der Waals surface area (Å²) < 4.78 is 23.8. The monoisotopic (exact) mass is 412 g/mol. The second-order valence-corrected chi connectivity index (χ2v) is 6.46. The molecule has 3 rings (SSSR count). The Kier molecular flexibility index (Phi) is 6.92. The van der Waals surface area contributed by atoms with Gasteiger partial charge in [-0.25, -0.2) is 9.18 Å². The van der Waals surface area contributed by atoms with Crippen LogP contribution >= 0.6 is 11.6 Å². The maximum atomic E-state index is 12.9. The van der Waals surface area contributed by atoms with Crippen molar-refractivity contribution in [2.75, 3.05) is 6.61 Å². The number of carbonyl (C=O) groups excluding carboxylic acids is 1. The predicted molar refractivity (Wildman–Crippen MR) is 109 cm³/mol. The molecule has 0 saturated heterocycles.